The highest BCUT2D eigenvalue weighted by molar-refractivity contribution is 5.76. The molecule has 18 heavy (non-hydrogen) atoms. The predicted molar refractivity (Wildman–Crippen MR) is 67.3 cm³/mol. The molecule has 1 aromatic carbocycles. The topological polar surface area (TPSA) is 55.8 Å². The van der Waals surface area contributed by atoms with Crippen molar-refractivity contribution in [1.29, 1.82) is 0 Å². The second kappa shape index (κ2) is 5.76. The zero-order valence-electron chi connectivity index (χ0n) is 10.5. The minimum atomic E-state index is -0.786. The molecule has 1 atom stereocenters. The number of benzene rings is 1. The second-order valence-electron chi connectivity index (χ2n) is 4.44. The maximum Gasteiger partial charge on any atom is 0.310 e. The molecule has 0 saturated carbocycles. The minimum Gasteiger partial charge on any atom is -0.490 e. The summed E-state index contributed by atoms with van der Waals surface area (Å²) in [4.78, 5) is 11.3. The summed E-state index contributed by atoms with van der Waals surface area (Å²) in [6, 6.07) is 5.43. The van der Waals surface area contributed by atoms with Gasteiger partial charge in [-0.1, -0.05) is 19.4 Å². The van der Waals surface area contributed by atoms with E-state index in [2.05, 4.69) is 0 Å². The van der Waals surface area contributed by atoms with Crippen LogP contribution in [0.15, 0.2) is 18.2 Å². The molecule has 1 N–H and O–H groups in total. The maximum atomic E-state index is 11.3. The van der Waals surface area contributed by atoms with Crippen LogP contribution in [0.1, 0.15) is 37.7 Å². The van der Waals surface area contributed by atoms with Crippen LogP contribution in [0.3, 0.4) is 0 Å². The fraction of sp³-hybridized carbons (Fsp3) is 0.500. The molecule has 1 heterocycles. The van der Waals surface area contributed by atoms with Gasteiger partial charge in [0.25, 0.3) is 0 Å². The molecule has 98 valence electrons. The highest BCUT2D eigenvalue weighted by Gasteiger charge is 2.21. The number of hydrogen-bond acceptors (Lipinski definition) is 3. The molecular formula is C14H18O4. The molecule has 0 aromatic heterocycles. The lowest BCUT2D eigenvalue weighted by Crippen LogP contribution is -2.11. The van der Waals surface area contributed by atoms with E-state index in [0.29, 0.717) is 31.1 Å². The average molecular weight is 250 g/mol. The Labute approximate surface area is 107 Å². The fourth-order valence-corrected chi connectivity index (χ4v) is 2.12. The monoisotopic (exact) mass is 250 g/mol. The van der Waals surface area contributed by atoms with Crippen molar-refractivity contribution >= 4 is 5.97 Å². The SMILES string of the molecule is CCCC(C(=O)O)c1ccc2c(c1)OCCCO2. The third-order valence-corrected chi connectivity index (χ3v) is 3.05. The van der Waals surface area contributed by atoms with E-state index in [-0.39, 0.29) is 0 Å². The van der Waals surface area contributed by atoms with Crippen molar-refractivity contribution in [1.82, 2.24) is 0 Å². The van der Waals surface area contributed by atoms with Crippen LogP contribution in [0.4, 0.5) is 0 Å². The molecule has 2 rings (SSSR count). The van der Waals surface area contributed by atoms with Crippen LogP contribution >= 0.6 is 0 Å². The van der Waals surface area contributed by atoms with Crippen LogP contribution in [0.25, 0.3) is 0 Å². The van der Waals surface area contributed by atoms with E-state index in [1.807, 2.05) is 19.1 Å². The molecule has 4 heteroatoms. The Hall–Kier alpha value is -1.71. The number of carbonyl (C=O) groups is 1. The minimum absolute atomic E-state index is 0.466. The molecule has 1 unspecified atom stereocenters. The van der Waals surface area contributed by atoms with Gasteiger partial charge in [-0.25, -0.2) is 0 Å². The van der Waals surface area contributed by atoms with E-state index in [9.17, 15) is 9.90 Å². The van der Waals surface area contributed by atoms with Gasteiger partial charge in [0.05, 0.1) is 19.1 Å². The van der Waals surface area contributed by atoms with Gasteiger partial charge in [0, 0.05) is 6.42 Å². The quantitative estimate of drug-likeness (QED) is 0.892. The molecule has 1 aromatic rings. The Morgan fingerprint density at radius 2 is 2.06 bits per heavy atom. The van der Waals surface area contributed by atoms with Crippen LogP contribution in [-0.2, 0) is 4.79 Å². The molecule has 0 amide bonds. The van der Waals surface area contributed by atoms with E-state index in [1.165, 1.54) is 0 Å². The smallest absolute Gasteiger partial charge is 0.310 e. The number of carboxylic acid groups (broad SMARTS) is 1. The van der Waals surface area contributed by atoms with E-state index < -0.39 is 11.9 Å². The molecule has 0 fully saturated rings. The molecule has 1 aliphatic heterocycles. The normalized spacial score (nSPS) is 15.8. The highest BCUT2D eigenvalue weighted by Crippen LogP contribution is 2.34. The molecule has 0 saturated heterocycles. The van der Waals surface area contributed by atoms with Crippen molar-refractivity contribution in [3.63, 3.8) is 0 Å². The van der Waals surface area contributed by atoms with Crippen LogP contribution < -0.4 is 9.47 Å². The Morgan fingerprint density at radius 1 is 1.33 bits per heavy atom. The Bertz CT molecular complexity index is 428. The van der Waals surface area contributed by atoms with Gasteiger partial charge in [0.1, 0.15) is 0 Å². The number of hydrogen-bond donors (Lipinski definition) is 1. The summed E-state index contributed by atoms with van der Waals surface area (Å²) in [5, 5.41) is 9.25. The molecule has 0 radical (unpaired) electrons. The number of fused-ring (bicyclic) bond motifs is 1. The van der Waals surface area contributed by atoms with Crippen molar-refractivity contribution < 1.29 is 19.4 Å². The van der Waals surface area contributed by atoms with Gasteiger partial charge in [-0.05, 0) is 24.1 Å². The Morgan fingerprint density at radius 3 is 2.72 bits per heavy atom. The highest BCUT2D eigenvalue weighted by atomic mass is 16.5. The van der Waals surface area contributed by atoms with Gasteiger partial charge < -0.3 is 14.6 Å². The second-order valence-corrected chi connectivity index (χ2v) is 4.44. The Balaban J connectivity index is 2.28. The maximum absolute atomic E-state index is 11.3. The number of rotatable bonds is 4. The van der Waals surface area contributed by atoms with Crippen molar-refractivity contribution in [2.75, 3.05) is 13.2 Å². The van der Waals surface area contributed by atoms with Crippen molar-refractivity contribution in [2.24, 2.45) is 0 Å². The summed E-state index contributed by atoms with van der Waals surface area (Å²) >= 11 is 0. The van der Waals surface area contributed by atoms with E-state index in [1.54, 1.807) is 6.07 Å². The van der Waals surface area contributed by atoms with E-state index in [0.717, 1.165) is 18.4 Å². The number of carboxylic acids is 1. The first-order chi connectivity index (χ1) is 8.72. The molecule has 0 spiro atoms. The zero-order chi connectivity index (χ0) is 13.0. The zero-order valence-corrected chi connectivity index (χ0v) is 10.5. The number of ether oxygens (including phenoxy) is 2. The van der Waals surface area contributed by atoms with Gasteiger partial charge >= 0.3 is 5.97 Å². The van der Waals surface area contributed by atoms with E-state index in [4.69, 9.17) is 9.47 Å². The molecule has 0 aliphatic carbocycles. The summed E-state index contributed by atoms with van der Waals surface area (Å²) in [5.41, 5.74) is 0.786. The van der Waals surface area contributed by atoms with Gasteiger partial charge in [0.2, 0.25) is 0 Å². The third-order valence-electron chi connectivity index (χ3n) is 3.05. The van der Waals surface area contributed by atoms with Crippen molar-refractivity contribution in [3.05, 3.63) is 23.8 Å². The fourth-order valence-electron chi connectivity index (χ4n) is 2.12. The lowest BCUT2D eigenvalue weighted by atomic mass is 9.94. The van der Waals surface area contributed by atoms with Gasteiger partial charge in [-0.15, -0.1) is 0 Å². The molecular weight excluding hydrogens is 232 g/mol. The third kappa shape index (κ3) is 2.75. The summed E-state index contributed by atoms with van der Waals surface area (Å²) in [5.74, 6) is 0.114. The van der Waals surface area contributed by atoms with Crippen LogP contribution in [0.5, 0.6) is 11.5 Å². The summed E-state index contributed by atoms with van der Waals surface area (Å²) in [7, 11) is 0. The lowest BCUT2D eigenvalue weighted by Gasteiger charge is -2.14. The van der Waals surface area contributed by atoms with Crippen molar-refractivity contribution in [3.8, 4) is 11.5 Å². The first-order valence-electron chi connectivity index (χ1n) is 6.34. The lowest BCUT2D eigenvalue weighted by molar-refractivity contribution is -0.139. The largest absolute Gasteiger partial charge is 0.490 e. The summed E-state index contributed by atoms with van der Waals surface area (Å²) in [6.45, 7) is 3.24. The van der Waals surface area contributed by atoms with Crippen LogP contribution in [-0.4, -0.2) is 24.3 Å². The molecule has 1 aliphatic rings. The van der Waals surface area contributed by atoms with E-state index >= 15 is 0 Å². The molecule has 4 nitrogen and oxygen atoms in total. The van der Waals surface area contributed by atoms with Crippen molar-refractivity contribution in [2.45, 2.75) is 32.1 Å². The van der Waals surface area contributed by atoms with Crippen LogP contribution in [0, 0.1) is 0 Å². The average Bonchev–Trinajstić information content (AvgIpc) is 2.59. The summed E-state index contributed by atoms with van der Waals surface area (Å²) in [6.07, 6.45) is 2.32. The first kappa shape index (κ1) is 12.7. The first-order valence-corrected chi connectivity index (χ1v) is 6.34. The summed E-state index contributed by atoms with van der Waals surface area (Å²) < 4.78 is 11.1. The van der Waals surface area contributed by atoms with Gasteiger partial charge in [-0.2, -0.15) is 0 Å². The predicted octanol–water partition coefficient (Wildman–Crippen LogP) is 2.82. The Kier molecular flexibility index (Phi) is 4.07. The van der Waals surface area contributed by atoms with Gasteiger partial charge in [-0.3, -0.25) is 4.79 Å². The molecule has 0 bridgehead atoms. The van der Waals surface area contributed by atoms with Crippen LogP contribution in [0.2, 0.25) is 0 Å². The standard InChI is InChI=1S/C14H18O4/c1-2-4-11(14(15)16)10-5-6-12-13(9-10)18-8-3-7-17-12/h5-6,9,11H,2-4,7-8H2,1H3,(H,15,16). The van der Waals surface area contributed by atoms with Gasteiger partial charge in [0.15, 0.2) is 11.5 Å². The number of aliphatic carboxylic acids is 1.